The summed E-state index contributed by atoms with van der Waals surface area (Å²) in [4.78, 5) is 1.23. The van der Waals surface area contributed by atoms with Crippen LogP contribution < -0.4 is 0 Å². The minimum atomic E-state index is 0.129. The van der Waals surface area contributed by atoms with Crippen molar-refractivity contribution in [2.45, 2.75) is 11.5 Å². The van der Waals surface area contributed by atoms with Gasteiger partial charge in [-0.15, -0.1) is 11.8 Å². The Bertz CT molecular complexity index is 250. The van der Waals surface area contributed by atoms with E-state index in [0.29, 0.717) is 0 Å². The lowest BCUT2D eigenvalue weighted by Gasteiger charge is -2.02. The summed E-state index contributed by atoms with van der Waals surface area (Å²) in [6, 6.07) is 5.99. The summed E-state index contributed by atoms with van der Waals surface area (Å²) in [5, 5.41) is 8.84. The topological polar surface area (TPSA) is 20.2 Å². The van der Waals surface area contributed by atoms with Crippen molar-refractivity contribution < 1.29 is 5.11 Å². The highest BCUT2D eigenvalue weighted by atomic mass is 127. The van der Waals surface area contributed by atoms with Crippen molar-refractivity contribution in [3.05, 3.63) is 27.3 Å². The third-order valence-corrected chi connectivity index (χ3v) is 3.48. The van der Waals surface area contributed by atoms with Crippen molar-refractivity contribution in [2.24, 2.45) is 0 Å². The number of thioether (sulfide) groups is 1. The normalized spacial score (nSPS) is 10.1. The van der Waals surface area contributed by atoms with Crippen LogP contribution in [0.2, 0.25) is 0 Å². The zero-order valence-electron chi connectivity index (χ0n) is 6.17. The summed E-state index contributed by atoms with van der Waals surface area (Å²) >= 11 is 4.00. The van der Waals surface area contributed by atoms with Crippen molar-refractivity contribution in [3.8, 4) is 0 Å². The van der Waals surface area contributed by atoms with Crippen molar-refractivity contribution in [2.75, 3.05) is 6.26 Å². The van der Waals surface area contributed by atoms with Gasteiger partial charge in [-0.05, 0) is 46.5 Å². The van der Waals surface area contributed by atoms with Crippen molar-refractivity contribution in [1.82, 2.24) is 0 Å². The molecule has 0 spiro atoms. The molecule has 0 amide bonds. The summed E-state index contributed by atoms with van der Waals surface area (Å²) in [6.45, 7) is 0.129. The number of benzene rings is 1. The van der Waals surface area contributed by atoms with Crippen LogP contribution in [0.15, 0.2) is 23.1 Å². The van der Waals surface area contributed by atoms with Crippen LogP contribution in [-0.2, 0) is 6.61 Å². The highest BCUT2D eigenvalue weighted by Gasteiger charge is 1.98. The predicted octanol–water partition coefficient (Wildman–Crippen LogP) is 2.51. The van der Waals surface area contributed by atoms with E-state index in [9.17, 15) is 0 Å². The van der Waals surface area contributed by atoms with E-state index in [-0.39, 0.29) is 6.61 Å². The first-order chi connectivity index (χ1) is 5.27. The van der Waals surface area contributed by atoms with Crippen LogP contribution in [-0.4, -0.2) is 11.4 Å². The summed E-state index contributed by atoms with van der Waals surface area (Å²) < 4.78 is 1.24. The first-order valence-corrected chi connectivity index (χ1v) is 5.51. The second-order valence-electron chi connectivity index (χ2n) is 2.13. The molecule has 1 rings (SSSR count). The molecule has 60 valence electrons. The maximum Gasteiger partial charge on any atom is 0.0682 e. The first kappa shape index (κ1) is 9.35. The number of hydrogen-bond acceptors (Lipinski definition) is 2. The van der Waals surface area contributed by atoms with Crippen LogP contribution in [0.3, 0.4) is 0 Å². The van der Waals surface area contributed by atoms with Crippen LogP contribution in [0, 0.1) is 3.57 Å². The molecule has 0 bridgehead atoms. The third kappa shape index (κ3) is 2.35. The monoisotopic (exact) mass is 280 g/mol. The molecular formula is C8H9IOS. The van der Waals surface area contributed by atoms with Gasteiger partial charge in [0.15, 0.2) is 0 Å². The lowest BCUT2D eigenvalue weighted by molar-refractivity contribution is 0.281. The molecule has 11 heavy (non-hydrogen) atoms. The average molecular weight is 280 g/mol. The number of hydrogen-bond donors (Lipinski definition) is 1. The van der Waals surface area contributed by atoms with Gasteiger partial charge >= 0.3 is 0 Å². The molecule has 1 aromatic rings. The number of rotatable bonds is 2. The summed E-state index contributed by atoms with van der Waals surface area (Å²) in [5.41, 5.74) is 0.981. The summed E-state index contributed by atoms with van der Waals surface area (Å²) in [7, 11) is 0. The predicted molar refractivity (Wildman–Crippen MR) is 56.9 cm³/mol. The van der Waals surface area contributed by atoms with Crippen LogP contribution in [0.25, 0.3) is 0 Å². The van der Waals surface area contributed by atoms with Gasteiger partial charge in [-0.2, -0.15) is 0 Å². The highest BCUT2D eigenvalue weighted by Crippen LogP contribution is 2.23. The van der Waals surface area contributed by atoms with Gasteiger partial charge in [-0.3, -0.25) is 0 Å². The molecule has 0 atom stereocenters. The first-order valence-electron chi connectivity index (χ1n) is 3.21. The lowest BCUT2D eigenvalue weighted by atomic mass is 10.2. The molecular weight excluding hydrogens is 271 g/mol. The van der Waals surface area contributed by atoms with E-state index in [4.69, 9.17) is 5.11 Å². The highest BCUT2D eigenvalue weighted by molar-refractivity contribution is 14.1. The molecule has 1 nitrogen and oxygen atoms in total. The molecule has 0 saturated carbocycles. The number of aliphatic hydroxyl groups is 1. The number of halogens is 1. The van der Waals surface area contributed by atoms with Gasteiger partial charge < -0.3 is 5.11 Å². The third-order valence-electron chi connectivity index (χ3n) is 1.40. The van der Waals surface area contributed by atoms with Crippen LogP contribution >= 0.6 is 34.4 Å². The Labute approximate surface area is 84.3 Å². The molecule has 0 aliphatic heterocycles. The summed E-state index contributed by atoms with van der Waals surface area (Å²) in [5.74, 6) is 0. The smallest absolute Gasteiger partial charge is 0.0682 e. The average Bonchev–Trinajstić information content (AvgIpc) is 2.05. The van der Waals surface area contributed by atoms with Crippen molar-refractivity contribution in [3.63, 3.8) is 0 Å². The van der Waals surface area contributed by atoms with E-state index in [0.717, 1.165) is 5.56 Å². The maximum atomic E-state index is 8.84. The second kappa shape index (κ2) is 4.33. The van der Waals surface area contributed by atoms with Gasteiger partial charge in [-0.1, -0.05) is 6.07 Å². The Morgan fingerprint density at radius 1 is 1.55 bits per heavy atom. The van der Waals surface area contributed by atoms with Gasteiger partial charge in [0, 0.05) is 8.47 Å². The Balaban J connectivity index is 3.02. The van der Waals surface area contributed by atoms with E-state index in [1.54, 1.807) is 11.8 Å². The van der Waals surface area contributed by atoms with E-state index >= 15 is 0 Å². The largest absolute Gasteiger partial charge is 0.392 e. The molecule has 0 aromatic heterocycles. The minimum absolute atomic E-state index is 0.129. The van der Waals surface area contributed by atoms with E-state index in [1.165, 1.54) is 8.47 Å². The fourth-order valence-corrected chi connectivity index (χ4v) is 2.33. The van der Waals surface area contributed by atoms with Gasteiger partial charge in [0.05, 0.1) is 6.61 Å². The molecule has 0 heterocycles. The molecule has 3 heteroatoms. The van der Waals surface area contributed by atoms with Crippen molar-refractivity contribution in [1.29, 1.82) is 0 Å². The summed E-state index contributed by atoms with van der Waals surface area (Å²) in [6.07, 6.45) is 2.04. The van der Waals surface area contributed by atoms with Gasteiger partial charge in [0.1, 0.15) is 0 Å². The van der Waals surface area contributed by atoms with Crippen LogP contribution in [0.4, 0.5) is 0 Å². The van der Waals surface area contributed by atoms with E-state index < -0.39 is 0 Å². The lowest BCUT2D eigenvalue weighted by Crippen LogP contribution is -1.85. The Hall–Kier alpha value is 0.260. The Morgan fingerprint density at radius 2 is 2.27 bits per heavy atom. The molecule has 0 fully saturated rings. The van der Waals surface area contributed by atoms with Gasteiger partial charge in [0.25, 0.3) is 0 Å². The SMILES string of the molecule is CSc1cc(CO)ccc1I. The zero-order chi connectivity index (χ0) is 8.27. The Kier molecular flexibility index (Phi) is 3.68. The number of aliphatic hydroxyl groups excluding tert-OH is 1. The minimum Gasteiger partial charge on any atom is -0.392 e. The fourth-order valence-electron chi connectivity index (χ4n) is 0.803. The second-order valence-corrected chi connectivity index (χ2v) is 4.14. The Morgan fingerprint density at radius 3 is 2.82 bits per heavy atom. The molecule has 0 radical (unpaired) electrons. The molecule has 0 saturated heterocycles. The van der Waals surface area contributed by atoms with E-state index in [1.807, 2.05) is 24.5 Å². The maximum absolute atomic E-state index is 8.84. The molecule has 0 aliphatic carbocycles. The quantitative estimate of drug-likeness (QED) is 0.663. The molecule has 0 aliphatic rings. The van der Waals surface area contributed by atoms with Gasteiger partial charge in [0.2, 0.25) is 0 Å². The fraction of sp³-hybridized carbons (Fsp3) is 0.250. The molecule has 0 unspecified atom stereocenters. The van der Waals surface area contributed by atoms with Crippen molar-refractivity contribution >= 4 is 34.4 Å². The van der Waals surface area contributed by atoms with Gasteiger partial charge in [-0.25, -0.2) is 0 Å². The zero-order valence-corrected chi connectivity index (χ0v) is 9.15. The standard InChI is InChI=1S/C8H9IOS/c1-11-8-4-6(5-10)2-3-7(8)9/h2-4,10H,5H2,1H3. The molecule has 1 N–H and O–H groups in total. The van der Waals surface area contributed by atoms with Crippen LogP contribution in [0.5, 0.6) is 0 Å². The molecule has 1 aromatic carbocycles. The van der Waals surface area contributed by atoms with Crippen LogP contribution in [0.1, 0.15) is 5.56 Å². The van der Waals surface area contributed by atoms with E-state index in [2.05, 4.69) is 22.6 Å².